The van der Waals surface area contributed by atoms with Crippen LogP contribution < -0.4 is 9.47 Å². The molecule has 1 aliphatic rings. The molecule has 0 aliphatic carbocycles. The predicted octanol–water partition coefficient (Wildman–Crippen LogP) is 6.61. The summed E-state index contributed by atoms with van der Waals surface area (Å²) in [5.74, 6) is -0.546. The maximum absolute atomic E-state index is 13.6. The van der Waals surface area contributed by atoms with Gasteiger partial charge in [0.2, 0.25) is 0 Å². The van der Waals surface area contributed by atoms with E-state index in [4.69, 9.17) is 19.3 Å². The number of carboxylic acid groups (broad SMARTS) is 1. The highest BCUT2D eigenvalue weighted by Gasteiger charge is 2.40. The summed E-state index contributed by atoms with van der Waals surface area (Å²) in [5, 5.41) is 9.16. The molecule has 2 atom stereocenters. The predicted molar refractivity (Wildman–Crippen MR) is 131 cm³/mol. The van der Waals surface area contributed by atoms with Crippen LogP contribution in [0.4, 0.5) is 18.0 Å². The highest BCUT2D eigenvalue weighted by molar-refractivity contribution is 5.71. The van der Waals surface area contributed by atoms with E-state index in [2.05, 4.69) is 0 Å². The van der Waals surface area contributed by atoms with Crippen LogP contribution in [0.5, 0.6) is 17.2 Å². The molecule has 10 heteroatoms. The molecule has 1 N–H and O–H groups in total. The quantitative estimate of drug-likeness (QED) is 0.336. The Balaban J connectivity index is 1.70. The first kappa shape index (κ1) is 26.8. The standard InChI is InChI=1S/C28H26F3NO6/c1-3-36-23-11-9-18(14-25(33)34)13-24(23)37-22-12-10-21(28(29,30)31)15-20(22)16-32-17(2)26(38-27(32)35)19-7-5-4-6-8-19/h4-13,15,17,26H,3,14,16H2,1-2H3,(H,33,34). The smallest absolute Gasteiger partial charge is 0.416 e. The molecule has 1 aliphatic heterocycles. The third kappa shape index (κ3) is 6.01. The molecule has 1 saturated heterocycles. The summed E-state index contributed by atoms with van der Waals surface area (Å²) < 4.78 is 57.9. The lowest BCUT2D eigenvalue weighted by molar-refractivity contribution is -0.138. The summed E-state index contributed by atoms with van der Waals surface area (Å²) in [6.45, 7) is 3.59. The second-order valence-electron chi connectivity index (χ2n) is 8.79. The largest absolute Gasteiger partial charge is 0.490 e. The van der Waals surface area contributed by atoms with Crippen LogP contribution >= 0.6 is 0 Å². The molecule has 200 valence electrons. The molecule has 3 aromatic carbocycles. The van der Waals surface area contributed by atoms with E-state index in [1.54, 1.807) is 26.0 Å². The molecule has 0 aromatic heterocycles. The Morgan fingerprint density at radius 2 is 1.74 bits per heavy atom. The molecule has 4 rings (SSSR count). The number of carbonyl (C=O) groups is 2. The molecular weight excluding hydrogens is 503 g/mol. The van der Waals surface area contributed by atoms with E-state index in [-0.39, 0.29) is 36.6 Å². The number of nitrogens with zero attached hydrogens (tertiary/aromatic N) is 1. The molecule has 7 nitrogen and oxygen atoms in total. The van der Waals surface area contributed by atoms with Crippen LogP contribution in [-0.4, -0.2) is 34.7 Å². The monoisotopic (exact) mass is 529 g/mol. The van der Waals surface area contributed by atoms with Crippen LogP contribution in [0.3, 0.4) is 0 Å². The van der Waals surface area contributed by atoms with Crippen LogP contribution in [-0.2, 0) is 28.7 Å². The average Bonchev–Trinajstić information content (AvgIpc) is 3.14. The number of rotatable bonds is 9. The zero-order valence-corrected chi connectivity index (χ0v) is 20.7. The number of aliphatic carboxylic acids is 1. The molecule has 3 aromatic rings. The molecular formula is C28H26F3NO6. The van der Waals surface area contributed by atoms with Crippen LogP contribution in [0, 0.1) is 0 Å². The van der Waals surface area contributed by atoms with Crippen LogP contribution in [0.2, 0.25) is 0 Å². The minimum atomic E-state index is -4.62. The number of alkyl halides is 3. The van der Waals surface area contributed by atoms with Gasteiger partial charge in [-0.1, -0.05) is 36.4 Å². The Morgan fingerprint density at radius 1 is 1.03 bits per heavy atom. The third-order valence-electron chi connectivity index (χ3n) is 6.13. The van der Waals surface area contributed by atoms with Crippen molar-refractivity contribution >= 4 is 12.1 Å². The van der Waals surface area contributed by atoms with E-state index in [9.17, 15) is 22.8 Å². The second-order valence-corrected chi connectivity index (χ2v) is 8.79. The lowest BCUT2D eigenvalue weighted by Crippen LogP contribution is -2.31. The molecule has 0 bridgehead atoms. The van der Waals surface area contributed by atoms with Crippen molar-refractivity contribution < 1.29 is 42.1 Å². The summed E-state index contributed by atoms with van der Waals surface area (Å²) >= 11 is 0. The van der Waals surface area contributed by atoms with Gasteiger partial charge < -0.3 is 19.3 Å². The molecule has 0 spiro atoms. The van der Waals surface area contributed by atoms with E-state index < -0.39 is 35.9 Å². The summed E-state index contributed by atoms with van der Waals surface area (Å²) in [6, 6.07) is 16.2. The number of cyclic esters (lactones) is 1. The first-order valence-corrected chi connectivity index (χ1v) is 11.9. The van der Waals surface area contributed by atoms with Gasteiger partial charge in [-0.15, -0.1) is 0 Å². The maximum Gasteiger partial charge on any atom is 0.416 e. The van der Waals surface area contributed by atoms with Crippen LogP contribution in [0.15, 0.2) is 66.7 Å². The minimum Gasteiger partial charge on any atom is -0.490 e. The van der Waals surface area contributed by atoms with Crippen molar-refractivity contribution in [3.05, 3.63) is 89.0 Å². The highest BCUT2D eigenvalue weighted by Crippen LogP contribution is 2.40. The first-order valence-electron chi connectivity index (χ1n) is 11.9. The Bertz CT molecular complexity index is 1310. The Labute approximate surface area is 217 Å². The van der Waals surface area contributed by atoms with Crippen molar-refractivity contribution in [1.82, 2.24) is 4.90 Å². The Hall–Kier alpha value is -4.21. The normalized spacial score (nSPS) is 17.3. The Morgan fingerprint density at radius 3 is 2.39 bits per heavy atom. The van der Waals surface area contributed by atoms with Gasteiger partial charge in [-0.2, -0.15) is 13.2 Å². The number of hydrogen-bond acceptors (Lipinski definition) is 5. The van der Waals surface area contributed by atoms with Gasteiger partial charge in [0.25, 0.3) is 0 Å². The van der Waals surface area contributed by atoms with Gasteiger partial charge in [-0.3, -0.25) is 9.69 Å². The van der Waals surface area contributed by atoms with E-state index in [1.165, 1.54) is 17.0 Å². The molecule has 2 unspecified atom stereocenters. The number of halogens is 3. The molecule has 0 radical (unpaired) electrons. The zero-order valence-electron chi connectivity index (χ0n) is 20.7. The number of hydrogen-bond donors (Lipinski definition) is 1. The van der Waals surface area contributed by atoms with Crippen molar-refractivity contribution in [2.45, 2.75) is 45.1 Å². The number of amides is 1. The van der Waals surface area contributed by atoms with Gasteiger partial charge in [0.15, 0.2) is 11.5 Å². The molecule has 1 fully saturated rings. The van der Waals surface area contributed by atoms with Gasteiger partial charge in [0, 0.05) is 5.56 Å². The van der Waals surface area contributed by atoms with Gasteiger partial charge in [0.05, 0.1) is 31.2 Å². The minimum absolute atomic E-state index is 0.0644. The summed E-state index contributed by atoms with van der Waals surface area (Å²) in [5.41, 5.74) is 0.396. The van der Waals surface area contributed by atoms with E-state index >= 15 is 0 Å². The van der Waals surface area contributed by atoms with E-state index in [1.807, 2.05) is 30.3 Å². The Kier molecular flexibility index (Phi) is 7.80. The summed E-state index contributed by atoms with van der Waals surface area (Å²) in [6.07, 6.45) is -6.14. The van der Waals surface area contributed by atoms with Crippen LogP contribution in [0.1, 0.15) is 42.2 Å². The number of benzene rings is 3. The van der Waals surface area contributed by atoms with E-state index in [0.717, 1.165) is 17.7 Å². The van der Waals surface area contributed by atoms with Crippen molar-refractivity contribution in [2.24, 2.45) is 0 Å². The number of carbonyl (C=O) groups excluding carboxylic acids is 1. The van der Waals surface area contributed by atoms with Gasteiger partial charge >= 0.3 is 18.2 Å². The fourth-order valence-electron chi connectivity index (χ4n) is 4.27. The molecule has 0 saturated carbocycles. The number of carboxylic acids is 1. The highest BCUT2D eigenvalue weighted by atomic mass is 19.4. The van der Waals surface area contributed by atoms with Crippen molar-refractivity contribution in [3.8, 4) is 17.2 Å². The van der Waals surface area contributed by atoms with E-state index in [0.29, 0.717) is 11.3 Å². The van der Waals surface area contributed by atoms with Gasteiger partial charge in [-0.25, -0.2) is 4.79 Å². The SMILES string of the molecule is CCOc1ccc(CC(=O)O)cc1Oc1ccc(C(F)(F)F)cc1CN1C(=O)OC(c2ccccc2)C1C. The third-order valence-corrected chi connectivity index (χ3v) is 6.13. The number of ether oxygens (including phenoxy) is 3. The van der Waals surface area contributed by atoms with Crippen molar-refractivity contribution in [1.29, 1.82) is 0 Å². The summed E-state index contributed by atoms with van der Waals surface area (Å²) in [7, 11) is 0. The second kappa shape index (κ2) is 11.0. The maximum atomic E-state index is 13.6. The van der Waals surface area contributed by atoms with Crippen molar-refractivity contribution in [3.63, 3.8) is 0 Å². The summed E-state index contributed by atoms with van der Waals surface area (Å²) in [4.78, 5) is 25.3. The van der Waals surface area contributed by atoms with Gasteiger partial charge in [0.1, 0.15) is 11.9 Å². The zero-order chi connectivity index (χ0) is 27.4. The topological polar surface area (TPSA) is 85.3 Å². The lowest BCUT2D eigenvalue weighted by atomic mass is 10.0. The fraction of sp³-hybridized carbons (Fsp3) is 0.286. The van der Waals surface area contributed by atoms with Crippen molar-refractivity contribution in [2.75, 3.05) is 6.61 Å². The molecule has 1 heterocycles. The molecule has 1 amide bonds. The molecule has 38 heavy (non-hydrogen) atoms. The first-order chi connectivity index (χ1) is 18.1. The fourth-order valence-corrected chi connectivity index (χ4v) is 4.27. The lowest BCUT2D eigenvalue weighted by Gasteiger charge is -2.23. The average molecular weight is 530 g/mol. The van der Waals surface area contributed by atoms with Crippen LogP contribution in [0.25, 0.3) is 0 Å². The van der Waals surface area contributed by atoms with Gasteiger partial charge in [-0.05, 0) is 55.3 Å².